The Balaban J connectivity index is 1.79. The average molecular weight is 226 g/mol. The standard InChI is InChI=1S/C13H26N2O/c1-3-11-9-14-10-13(11)15-7-5-12(6-8-15)16-4-2/h11-14H,3-10H2,1-2H3. The second-order valence-corrected chi connectivity index (χ2v) is 5.08. The van der Waals surface area contributed by atoms with E-state index in [2.05, 4.69) is 24.1 Å². The average Bonchev–Trinajstić information content (AvgIpc) is 2.78. The van der Waals surface area contributed by atoms with Crippen LogP contribution in [0.15, 0.2) is 0 Å². The Labute approximate surface area is 99.5 Å². The van der Waals surface area contributed by atoms with Crippen molar-refractivity contribution < 1.29 is 4.74 Å². The molecule has 0 aromatic carbocycles. The predicted octanol–water partition coefficient (Wildman–Crippen LogP) is 1.49. The van der Waals surface area contributed by atoms with E-state index in [1.807, 2.05) is 0 Å². The number of likely N-dealkylation sites (tertiary alicyclic amines) is 1. The first-order chi connectivity index (χ1) is 7.85. The van der Waals surface area contributed by atoms with E-state index < -0.39 is 0 Å². The van der Waals surface area contributed by atoms with Gasteiger partial charge in [0.05, 0.1) is 6.10 Å². The van der Waals surface area contributed by atoms with Gasteiger partial charge < -0.3 is 10.1 Å². The zero-order chi connectivity index (χ0) is 11.4. The Hall–Kier alpha value is -0.120. The van der Waals surface area contributed by atoms with E-state index >= 15 is 0 Å². The molecule has 2 fully saturated rings. The van der Waals surface area contributed by atoms with E-state index in [0.717, 1.165) is 18.6 Å². The second kappa shape index (κ2) is 5.99. The first-order valence-electron chi connectivity index (χ1n) is 6.91. The fourth-order valence-electron chi connectivity index (χ4n) is 3.17. The summed E-state index contributed by atoms with van der Waals surface area (Å²) < 4.78 is 5.70. The molecule has 3 nitrogen and oxygen atoms in total. The highest BCUT2D eigenvalue weighted by molar-refractivity contribution is 4.90. The molecule has 0 amide bonds. The van der Waals surface area contributed by atoms with Crippen LogP contribution in [0, 0.1) is 5.92 Å². The molecule has 0 aromatic heterocycles. The van der Waals surface area contributed by atoms with Crippen molar-refractivity contribution in [2.24, 2.45) is 5.92 Å². The molecule has 3 heteroatoms. The van der Waals surface area contributed by atoms with Crippen molar-refractivity contribution in [1.29, 1.82) is 0 Å². The fraction of sp³-hybridized carbons (Fsp3) is 1.00. The highest BCUT2D eigenvalue weighted by atomic mass is 16.5. The molecule has 2 unspecified atom stereocenters. The monoisotopic (exact) mass is 226 g/mol. The molecule has 0 aliphatic carbocycles. The van der Waals surface area contributed by atoms with Crippen LogP contribution in [0.4, 0.5) is 0 Å². The number of nitrogens with one attached hydrogen (secondary N) is 1. The minimum atomic E-state index is 0.524. The lowest BCUT2D eigenvalue weighted by Crippen LogP contribution is -2.46. The summed E-state index contributed by atoms with van der Waals surface area (Å²) >= 11 is 0. The van der Waals surface area contributed by atoms with Gasteiger partial charge in [0.1, 0.15) is 0 Å². The lowest BCUT2D eigenvalue weighted by atomic mass is 9.96. The van der Waals surface area contributed by atoms with Gasteiger partial charge in [-0.25, -0.2) is 0 Å². The highest BCUT2D eigenvalue weighted by Crippen LogP contribution is 2.23. The normalized spacial score (nSPS) is 33.4. The number of rotatable bonds is 4. The summed E-state index contributed by atoms with van der Waals surface area (Å²) in [7, 11) is 0. The van der Waals surface area contributed by atoms with E-state index in [4.69, 9.17) is 4.74 Å². The molecule has 0 aromatic rings. The van der Waals surface area contributed by atoms with Crippen molar-refractivity contribution in [3.05, 3.63) is 0 Å². The summed E-state index contributed by atoms with van der Waals surface area (Å²) in [5.41, 5.74) is 0. The van der Waals surface area contributed by atoms with Gasteiger partial charge in [-0.1, -0.05) is 13.3 Å². The van der Waals surface area contributed by atoms with Crippen molar-refractivity contribution in [1.82, 2.24) is 10.2 Å². The fourth-order valence-corrected chi connectivity index (χ4v) is 3.17. The minimum absolute atomic E-state index is 0.524. The van der Waals surface area contributed by atoms with Crippen LogP contribution in [-0.4, -0.2) is 49.8 Å². The molecular weight excluding hydrogens is 200 g/mol. The minimum Gasteiger partial charge on any atom is -0.378 e. The number of nitrogens with zero attached hydrogens (tertiary/aromatic N) is 1. The van der Waals surface area contributed by atoms with Crippen LogP contribution in [0.2, 0.25) is 0 Å². The van der Waals surface area contributed by atoms with Crippen LogP contribution in [-0.2, 0) is 4.74 Å². The molecular formula is C13H26N2O. The zero-order valence-electron chi connectivity index (χ0n) is 10.7. The number of hydrogen-bond acceptors (Lipinski definition) is 3. The summed E-state index contributed by atoms with van der Waals surface area (Å²) in [4.78, 5) is 2.68. The molecule has 2 aliphatic rings. The summed E-state index contributed by atoms with van der Waals surface area (Å²) in [6, 6.07) is 0.785. The molecule has 2 atom stereocenters. The predicted molar refractivity (Wildman–Crippen MR) is 66.7 cm³/mol. The topological polar surface area (TPSA) is 24.5 Å². The molecule has 0 saturated carbocycles. The van der Waals surface area contributed by atoms with Crippen LogP contribution in [0.1, 0.15) is 33.1 Å². The van der Waals surface area contributed by atoms with Crippen molar-refractivity contribution in [3.63, 3.8) is 0 Å². The lowest BCUT2D eigenvalue weighted by Gasteiger charge is -2.37. The summed E-state index contributed by atoms with van der Waals surface area (Å²) in [6.07, 6.45) is 4.28. The Morgan fingerprint density at radius 2 is 1.94 bits per heavy atom. The molecule has 1 N–H and O–H groups in total. The third-order valence-electron chi connectivity index (χ3n) is 4.18. The van der Waals surface area contributed by atoms with Gasteiger partial charge in [0.15, 0.2) is 0 Å². The second-order valence-electron chi connectivity index (χ2n) is 5.08. The van der Waals surface area contributed by atoms with Gasteiger partial charge in [-0.2, -0.15) is 0 Å². The van der Waals surface area contributed by atoms with E-state index in [-0.39, 0.29) is 0 Å². The van der Waals surface area contributed by atoms with E-state index in [9.17, 15) is 0 Å². The molecule has 2 rings (SSSR count). The summed E-state index contributed by atoms with van der Waals surface area (Å²) in [6.45, 7) is 10.1. The van der Waals surface area contributed by atoms with Crippen LogP contribution in [0.3, 0.4) is 0 Å². The first kappa shape index (κ1) is 12.3. The first-order valence-corrected chi connectivity index (χ1v) is 6.91. The molecule has 0 spiro atoms. The SMILES string of the molecule is CCOC1CCN(C2CNCC2CC)CC1. The Bertz CT molecular complexity index is 202. The van der Waals surface area contributed by atoms with E-state index in [1.54, 1.807) is 0 Å². The third-order valence-corrected chi connectivity index (χ3v) is 4.18. The molecule has 0 radical (unpaired) electrons. The Kier molecular flexibility index (Phi) is 4.62. The quantitative estimate of drug-likeness (QED) is 0.786. The number of hydrogen-bond donors (Lipinski definition) is 1. The highest BCUT2D eigenvalue weighted by Gasteiger charge is 2.32. The largest absolute Gasteiger partial charge is 0.378 e. The molecule has 2 aliphatic heterocycles. The van der Waals surface area contributed by atoms with Crippen molar-refractivity contribution >= 4 is 0 Å². The molecule has 2 heterocycles. The van der Waals surface area contributed by atoms with E-state index in [1.165, 1.54) is 45.4 Å². The molecule has 16 heavy (non-hydrogen) atoms. The molecule has 0 bridgehead atoms. The number of ether oxygens (including phenoxy) is 1. The van der Waals surface area contributed by atoms with Gasteiger partial charge >= 0.3 is 0 Å². The number of piperidine rings is 1. The van der Waals surface area contributed by atoms with Crippen molar-refractivity contribution in [3.8, 4) is 0 Å². The lowest BCUT2D eigenvalue weighted by molar-refractivity contribution is 0.00118. The maximum absolute atomic E-state index is 5.70. The van der Waals surface area contributed by atoms with Gasteiger partial charge in [-0.05, 0) is 32.2 Å². The summed E-state index contributed by atoms with van der Waals surface area (Å²) in [5.74, 6) is 0.864. The van der Waals surface area contributed by atoms with Crippen molar-refractivity contribution in [2.75, 3.05) is 32.8 Å². The van der Waals surface area contributed by atoms with Gasteiger partial charge in [0, 0.05) is 32.3 Å². The molecule has 2 saturated heterocycles. The van der Waals surface area contributed by atoms with Crippen LogP contribution >= 0.6 is 0 Å². The van der Waals surface area contributed by atoms with E-state index in [0.29, 0.717) is 6.10 Å². The van der Waals surface area contributed by atoms with Gasteiger partial charge in [0.2, 0.25) is 0 Å². The van der Waals surface area contributed by atoms with Crippen LogP contribution < -0.4 is 5.32 Å². The Morgan fingerprint density at radius 1 is 1.19 bits per heavy atom. The summed E-state index contributed by atoms with van der Waals surface area (Å²) in [5, 5.41) is 3.53. The molecule has 94 valence electrons. The van der Waals surface area contributed by atoms with Crippen molar-refractivity contribution in [2.45, 2.75) is 45.3 Å². The zero-order valence-corrected chi connectivity index (χ0v) is 10.7. The smallest absolute Gasteiger partial charge is 0.0599 e. The third kappa shape index (κ3) is 2.76. The van der Waals surface area contributed by atoms with Gasteiger partial charge in [-0.3, -0.25) is 4.90 Å². The van der Waals surface area contributed by atoms with Gasteiger partial charge in [-0.15, -0.1) is 0 Å². The maximum Gasteiger partial charge on any atom is 0.0599 e. The Morgan fingerprint density at radius 3 is 2.56 bits per heavy atom. The van der Waals surface area contributed by atoms with Crippen LogP contribution in [0.25, 0.3) is 0 Å². The maximum atomic E-state index is 5.70. The van der Waals surface area contributed by atoms with Crippen LogP contribution in [0.5, 0.6) is 0 Å². The van der Waals surface area contributed by atoms with Gasteiger partial charge in [0.25, 0.3) is 0 Å².